The molecule has 0 aliphatic rings. The number of aromatic amines is 1. The van der Waals surface area contributed by atoms with Gasteiger partial charge in [0.15, 0.2) is 0 Å². The van der Waals surface area contributed by atoms with Crippen LogP contribution in [0.2, 0.25) is 0 Å². The molecule has 0 spiro atoms. The summed E-state index contributed by atoms with van der Waals surface area (Å²) in [7, 11) is 1.65. The molecule has 0 bridgehead atoms. The Bertz CT molecular complexity index is 560. The van der Waals surface area contributed by atoms with E-state index in [-0.39, 0.29) is 11.8 Å². The van der Waals surface area contributed by atoms with Crippen LogP contribution in [0.15, 0.2) is 24.4 Å². The van der Waals surface area contributed by atoms with Gasteiger partial charge in [-0.3, -0.25) is 4.79 Å². The van der Waals surface area contributed by atoms with Gasteiger partial charge in [0.05, 0.1) is 7.11 Å². The standard InChI is InChI=1S/C14H18N2O2/c1-9(14(15)17)3-4-10-8-16-13-7-11(18-2)5-6-12(10)13/h5-9,16H,3-4H2,1-2H3,(H2,15,17). The lowest BCUT2D eigenvalue weighted by molar-refractivity contribution is -0.121. The highest BCUT2D eigenvalue weighted by atomic mass is 16.5. The predicted octanol–water partition coefficient (Wildman–Crippen LogP) is 2.23. The highest BCUT2D eigenvalue weighted by Gasteiger charge is 2.11. The van der Waals surface area contributed by atoms with Crippen molar-refractivity contribution in [1.82, 2.24) is 4.98 Å². The SMILES string of the molecule is COc1ccc2c(CCC(C)C(N)=O)c[nH]c2c1. The van der Waals surface area contributed by atoms with Gasteiger partial charge in [-0.15, -0.1) is 0 Å². The van der Waals surface area contributed by atoms with Gasteiger partial charge in [-0.05, 0) is 30.5 Å². The van der Waals surface area contributed by atoms with Crippen molar-refractivity contribution in [3.8, 4) is 5.75 Å². The van der Waals surface area contributed by atoms with Gasteiger partial charge >= 0.3 is 0 Å². The molecule has 0 fully saturated rings. The van der Waals surface area contributed by atoms with Crippen LogP contribution in [0, 0.1) is 5.92 Å². The van der Waals surface area contributed by atoms with E-state index in [1.807, 2.05) is 31.3 Å². The van der Waals surface area contributed by atoms with Crippen molar-refractivity contribution in [3.05, 3.63) is 30.0 Å². The number of H-pyrrole nitrogens is 1. The van der Waals surface area contributed by atoms with Crippen LogP contribution in [0.25, 0.3) is 10.9 Å². The molecule has 1 aromatic heterocycles. The number of methoxy groups -OCH3 is 1. The highest BCUT2D eigenvalue weighted by Crippen LogP contribution is 2.24. The monoisotopic (exact) mass is 246 g/mol. The van der Waals surface area contributed by atoms with Gasteiger partial charge in [-0.2, -0.15) is 0 Å². The average molecular weight is 246 g/mol. The molecule has 4 heteroatoms. The van der Waals surface area contributed by atoms with E-state index in [1.165, 1.54) is 10.9 Å². The maximum absolute atomic E-state index is 11.0. The first kappa shape index (κ1) is 12.5. The lowest BCUT2D eigenvalue weighted by Gasteiger charge is -2.06. The Labute approximate surface area is 106 Å². The molecule has 2 rings (SSSR count). The minimum atomic E-state index is -0.239. The van der Waals surface area contributed by atoms with Crippen molar-refractivity contribution in [2.75, 3.05) is 7.11 Å². The van der Waals surface area contributed by atoms with E-state index < -0.39 is 0 Å². The van der Waals surface area contributed by atoms with Crippen LogP contribution in [0.4, 0.5) is 0 Å². The zero-order valence-electron chi connectivity index (χ0n) is 10.7. The van der Waals surface area contributed by atoms with Crippen molar-refractivity contribution < 1.29 is 9.53 Å². The molecular weight excluding hydrogens is 228 g/mol. The molecule has 4 nitrogen and oxygen atoms in total. The molecule has 18 heavy (non-hydrogen) atoms. The molecular formula is C14H18N2O2. The topological polar surface area (TPSA) is 68.1 Å². The zero-order chi connectivity index (χ0) is 13.1. The number of nitrogens with two attached hydrogens (primary N) is 1. The summed E-state index contributed by atoms with van der Waals surface area (Å²) in [6, 6.07) is 5.95. The van der Waals surface area contributed by atoms with E-state index in [9.17, 15) is 4.79 Å². The number of fused-ring (bicyclic) bond motifs is 1. The third-order valence-electron chi connectivity index (χ3n) is 3.31. The fourth-order valence-electron chi connectivity index (χ4n) is 2.01. The van der Waals surface area contributed by atoms with Gasteiger partial charge in [0.1, 0.15) is 5.75 Å². The molecule has 1 atom stereocenters. The van der Waals surface area contributed by atoms with Crippen LogP contribution in [0.5, 0.6) is 5.75 Å². The van der Waals surface area contributed by atoms with E-state index in [4.69, 9.17) is 10.5 Å². The minimum Gasteiger partial charge on any atom is -0.497 e. The number of primary amides is 1. The molecule has 1 unspecified atom stereocenters. The van der Waals surface area contributed by atoms with Gasteiger partial charge in [-0.25, -0.2) is 0 Å². The Morgan fingerprint density at radius 3 is 2.94 bits per heavy atom. The normalized spacial score (nSPS) is 12.6. The third kappa shape index (κ3) is 2.47. The second-order valence-electron chi connectivity index (χ2n) is 4.57. The molecule has 2 aromatic rings. The summed E-state index contributed by atoms with van der Waals surface area (Å²) in [6.07, 6.45) is 3.60. The van der Waals surface area contributed by atoms with Crippen LogP contribution in [0.1, 0.15) is 18.9 Å². The molecule has 1 amide bonds. The minimum absolute atomic E-state index is 0.0896. The summed E-state index contributed by atoms with van der Waals surface area (Å²) in [5.74, 6) is 0.506. The lowest BCUT2D eigenvalue weighted by Crippen LogP contribution is -2.20. The molecule has 0 saturated carbocycles. The number of ether oxygens (including phenoxy) is 1. The van der Waals surface area contributed by atoms with E-state index in [2.05, 4.69) is 4.98 Å². The van der Waals surface area contributed by atoms with Gasteiger partial charge in [0.25, 0.3) is 0 Å². The van der Waals surface area contributed by atoms with Crippen LogP contribution < -0.4 is 10.5 Å². The number of aryl methyl sites for hydroxylation is 1. The molecule has 96 valence electrons. The number of carbonyl (C=O) groups is 1. The number of carbonyl (C=O) groups excluding carboxylic acids is 1. The van der Waals surface area contributed by atoms with Crippen molar-refractivity contribution in [2.24, 2.45) is 11.7 Å². The van der Waals surface area contributed by atoms with Crippen LogP contribution in [-0.4, -0.2) is 18.0 Å². The van der Waals surface area contributed by atoms with Crippen LogP contribution >= 0.6 is 0 Å². The summed E-state index contributed by atoms with van der Waals surface area (Å²) in [5.41, 5.74) is 7.52. The molecule has 1 aromatic carbocycles. The Morgan fingerprint density at radius 2 is 2.28 bits per heavy atom. The molecule has 0 aliphatic heterocycles. The van der Waals surface area contributed by atoms with E-state index >= 15 is 0 Å². The first-order valence-electron chi connectivity index (χ1n) is 6.05. The predicted molar refractivity (Wildman–Crippen MR) is 71.5 cm³/mol. The summed E-state index contributed by atoms with van der Waals surface area (Å²) in [5, 5.41) is 1.17. The number of rotatable bonds is 5. The summed E-state index contributed by atoms with van der Waals surface area (Å²) in [6.45, 7) is 1.86. The zero-order valence-corrected chi connectivity index (χ0v) is 10.7. The number of amides is 1. The smallest absolute Gasteiger partial charge is 0.220 e. The maximum Gasteiger partial charge on any atom is 0.220 e. The van der Waals surface area contributed by atoms with Crippen LogP contribution in [0.3, 0.4) is 0 Å². The fourth-order valence-corrected chi connectivity index (χ4v) is 2.01. The van der Waals surface area contributed by atoms with Crippen LogP contribution in [-0.2, 0) is 11.2 Å². The Balaban J connectivity index is 2.17. The molecule has 0 aliphatic carbocycles. The Kier molecular flexibility index (Phi) is 3.55. The quantitative estimate of drug-likeness (QED) is 0.849. The van der Waals surface area contributed by atoms with E-state index in [0.717, 1.165) is 24.1 Å². The molecule has 3 N–H and O–H groups in total. The van der Waals surface area contributed by atoms with Gasteiger partial charge in [-0.1, -0.05) is 6.92 Å². The Morgan fingerprint density at radius 1 is 1.50 bits per heavy atom. The first-order valence-corrected chi connectivity index (χ1v) is 6.05. The molecule has 0 saturated heterocycles. The van der Waals surface area contributed by atoms with Crippen molar-refractivity contribution in [1.29, 1.82) is 0 Å². The summed E-state index contributed by atoms with van der Waals surface area (Å²) < 4.78 is 5.18. The van der Waals surface area contributed by atoms with Gasteiger partial charge in [0, 0.05) is 29.1 Å². The average Bonchev–Trinajstić information content (AvgIpc) is 2.77. The number of benzene rings is 1. The van der Waals surface area contributed by atoms with Crippen molar-refractivity contribution in [2.45, 2.75) is 19.8 Å². The first-order chi connectivity index (χ1) is 8.61. The number of hydrogen-bond acceptors (Lipinski definition) is 2. The van der Waals surface area contributed by atoms with Gasteiger partial charge < -0.3 is 15.5 Å². The van der Waals surface area contributed by atoms with Crippen molar-refractivity contribution >= 4 is 16.8 Å². The maximum atomic E-state index is 11.0. The van der Waals surface area contributed by atoms with E-state index in [0.29, 0.717) is 0 Å². The van der Waals surface area contributed by atoms with Crippen molar-refractivity contribution in [3.63, 3.8) is 0 Å². The number of nitrogens with one attached hydrogen (secondary N) is 1. The summed E-state index contributed by atoms with van der Waals surface area (Å²) >= 11 is 0. The Hall–Kier alpha value is -1.97. The number of hydrogen-bond donors (Lipinski definition) is 2. The summed E-state index contributed by atoms with van der Waals surface area (Å²) in [4.78, 5) is 14.2. The lowest BCUT2D eigenvalue weighted by atomic mass is 10.0. The third-order valence-corrected chi connectivity index (χ3v) is 3.31. The second-order valence-corrected chi connectivity index (χ2v) is 4.57. The number of aromatic nitrogens is 1. The fraction of sp³-hybridized carbons (Fsp3) is 0.357. The largest absolute Gasteiger partial charge is 0.497 e. The second kappa shape index (κ2) is 5.12. The highest BCUT2D eigenvalue weighted by molar-refractivity contribution is 5.84. The molecule has 0 radical (unpaired) electrons. The molecule has 1 heterocycles. The van der Waals surface area contributed by atoms with E-state index in [1.54, 1.807) is 7.11 Å². The van der Waals surface area contributed by atoms with Gasteiger partial charge in [0.2, 0.25) is 5.91 Å².